The number of aromatic nitrogens is 2. The van der Waals surface area contributed by atoms with Gasteiger partial charge in [0.05, 0.1) is 33.1 Å². The number of rotatable bonds is 4. The number of carbonyl (C=O) groups is 1. The second-order valence-corrected chi connectivity index (χ2v) is 8.05. The molecule has 126 valence electrons. The first-order valence-corrected chi connectivity index (χ1v) is 10.2. The van der Waals surface area contributed by atoms with Crippen LogP contribution in [0, 0.1) is 0 Å². The number of thiazole rings is 2. The molecule has 2 heterocycles. The van der Waals surface area contributed by atoms with E-state index in [0.717, 1.165) is 35.6 Å². The molecule has 0 saturated carbocycles. The zero-order valence-corrected chi connectivity index (χ0v) is 15.8. The molecule has 0 aliphatic carbocycles. The van der Waals surface area contributed by atoms with Gasteiger partial charge in [0, 0.05) is 4.90 Å². The summed E-state index contributed by atoms with van der Waals surface area (Å²) < 4.78 is 6.83. The van der Waals surface area contributed by atoms with E-state index in [4.69, 9.17) is 4.74 Å². The zero-order valence-electron chi connectivity index (χ0n) is 13.4. The van der Waals surface area contributed by atoms with Crippen LogP contribution in [-0.2, 0) is 4.74 Å². The Hall–Kier alpha value is -2.16. The smallest absolute Gasteiger partial charge is 0.337 e. The standard InChI is InChI=1S/C17H13N3O2S3/c1-22-15(21)9-6-7-10-13(8-9)25-16(18-10)20-17-19-14-11(23-2)4-3-5-12(14)24-17/h3-8H,1-2H3,(H,18,19,20). The number of fused-ring (bicyclic) bond motifs is 2. The summed E-state index contributed by atoms with van der Waals surface area (Å²) in [5, 5.41) is 4.85. The van der Waals surface area contributed by atoms with E-state index in [0.29, 0.717) is 5.56 Å². The molecule has 0 amide bonds. The molecule has 0 fully saturated rings. The van der Waals surface area contributed by atoms with Crippen LogP contribution in [0.4, 0.5) is 10.3 Å². The molecule has 2 aromatic carbocycles. The molecule has 0 aliphatic rings. The quantitative estimate of drug-likeness (QED) is 0.385. The van der Waals surface area contributed by atoms with Gasteiger partial charge in [0.25, 0.3) is 0 Å². The Kier molecular flexibility index (Phi) is 4.32. The highest BCUT2D eigenvalue weighted by Crippen LogP contribution is 2.35. The van der Waals surface area contributed by atoms with Crippen LogP contribution in [0.3, 0.4) is 0 Å². The third-order valence-electron chi connectivity index (χ3n) is 3.63. The van der Waals surface area contributed by atoms with E-state index >= 15 is 0 Å². The number of hydrogen-bond acceptors (Lipinski definition) is 8. The molecule has 2 aromatic heterocycles. The fourth-order valence-electron chi connectivity index (χ4n) is 2.46. The van der Waals surface area contributed by atoms with Crippen LogP contribution in [0.2, 0.25) is 0 Å². The molecule has 5 nitrogen and oxygen atoms in total. The molecular formula is C17H13N3O2S3. The summed E-state index contributed by atoms with van der Waals surface area (Å²) in [6.45, 7) is 0. The number of carbonyl (C=O) groups excluding carboxylic acids is 1. The van der Waals surface area contributed by atoms with E-state index in [1.807, 2.05) is 18.4 Å². The Bertz CT molecular complexity index is 1090. The Morgan fingerprint density at radius 2 is 1.92 bits per heavy atom. The van der Waals surface area contributed by atoms with Gasteiger partial charge < -0.3 is 10.1 Å². The number of hydrogen-bond donors (Lipinski definition) is 1. The Labute approximate surface area is 156 Å². The van der Waals surface area contributed by atoms with E-state index in [9.17, 15) is 4.79 Å². The Balaban J connectivity index is 1.67. The SMILES string of the molecule is COC(=O)c1ccc2nc(Nc3nc4c(SC)cccc4s3)sc2c1. The lowest BCUT2D eigenvalue weighted by atomic mass is 10.2. The Morgan fingerprint density at radius 3 is 2.72 bits per heavy atom. The number of thioether (sulfide) groups is 1. The van der Waals surface area contributed by atoms with Gasteiger partial charge in [0.2, 0.25) is 0 Å². The third kappa shape index (κ3) is 3.08. The fraction of sp³-hybridized carbons (Fsp3) is 0.118. The molecule has 0 unspecified atom stereocenters. The minimum absolute atomic E-state index is 0.347. The molecule has 1 N–H and O–H groups in total. The van der Waals surface area contributed by atoms with Gasteiger partial charge in [-0.3, -0.25) is 0 Å². The maximum atomic E-state index is 11.7. The fourth-order valence-corrected chi connectivity index (χ4v) is 4.94. The summed E-state index contributed by atoms with van der Waals surface area (Å²) in [4.78, 5) is 22.1. The van der Waals surface area contributed by atoms with Crippen LogP contribution in [0.15, 0.2) is 41.3 Å². The summed E-state index contributed by atoms with van der Waals surface area (Å²) in [5.41, 5.74) is 2.37. The van der Waals surface area contributed by atoms with Gasteiger partial charge in [-0.15, -0.1) is 11.8 Å². The summed E-state index contributed by atoms with van der Waals surface area (Å²) >= 11 is 4.77. The van der Waals surface area contributed by atoms with Crippen molar-refractivity contribution in [3.63, 3.8) is 0 Å². The van der Waals surface area contributed by atoms with Crippen molar-refractivity contribution in [2.45, 2.75) is 4.90 Å². The maximum Gasteiger partial charge on any atom is 0.337 e. The van der Waals surface area contributed by atoms with Crippen LogP contribution >= 0.6 is 34.4 Å². The number of anilines is 2. The van der Waals surface area contributed by atoms with Crippen molar-refractivity contribution in [3.8, 4) is 0 Å². The van der Waals surface area contributed by atoms with E-state index < -0.39 is 0 Å². The molecular weight excluding hydrogens is 374 g/mol. The van der Waals surface area contributed by atoms with Crippen molar-refractivity contribution >= 4 is 71.1 Å². The molecule has 0 bridgehead atoms. The lowest BCUT2D eigenvalue weighted by molar-refractivity contribution is 0.0601. The van der Waals surface area contributed by atoms with Crippen molar-refractivity contribution < 1.29 is 9.53 Å². The van der Waals surface area contributed by atoms with E-state index in [2.05, 4.69) is 27.4 Å². The second kappa shape index (κ2) is 6.62. The van der Waals surface area contributed by atoms with Crippen LogP contribution < -0.4 is 5.32 Å². The zero-order chi connectivity index (χ0) is 17.4. The number of nitrogens with one attached hydrogen (secondary N) is 1. The normalized spacial score (nSPS) is 11.1. The molecule has 25 heavy (non-hydrogen) atoms. The molecule has 0 aliphatic heterocycles. The first-order valence-electron chi connectivity index (χ1n) is 7.37. The topological polar surface area (TPSA) is 64.1 Å². The molecule has 0 spiro atoms. The summed E-state index contributed by atoms with van der Waals surface area (Å²) in [5.74, 6) is -0.347. The summed E-state index contributed by atoms with van der Waals surface area (Å²) in [7, 11) is 1.38. The van der Waals surface area contributed by atoms with Crippen LogP contribution in [-0.4, -0.2) is 29.3 Å². The van der Waals surface area contributed by atoms with Gasteiger partial charge in [0.15, 0.2) is 10.3 Å². The van der Waals surface area contributed by atoms with Crippen molar-refractivity contribution in [1.29, 1.82) is 0 Å². The number of nitrogens with zero attached hydrogens (tertiary/aromatic N) is 2. The van der Waals surface area contributed by atoms with Crippen LogP contribution in [0.1, 0.15) is 10.4 Å². The third-order valence-corrected chi connectivity index (χ3v) is 6.26. The summed E-state index contributed by atoms with van der Waals surface area (Å²) in [6.07, 6.45) is 2.05. The minimum Gasteiger partial charge on any atom is -0.465 e. The molecule has 8 heteroatoms. The minimum atomic E-state index is -0.347. The molecule has 4 rings (SSSR count). The van der Waals surface area contributed by atoms with Gasteiger partial charge in [0.1, 0.15) is 0 Å². The number of para-hydroxylation sites is 1. The van der Waals surface area contributed by atoms with Crippen LogP contribution in [0.5, 0.6) is 0 Å². The highest BCUT2D eigenvalue weighted by atomic mass is 32.2. The predicted octanol–water partition coefficient (Wildman–Crippen LogP) is 5.16. The van der Waals surface area contributed by atoms with Crippen LogP contribution in [0.25, 0.3) is 20.4 Å². The lowest BCUT2D eigenvalue weighted by Gasteiger charge is -1.97. The first kappa shape index (κ1) is 16.3. The molecule has 0 saturated heterocycles. The predicted molar refractivity (Wildman–Crippen MR) is 106 cm³/mol. The van der Waals surface area contributed by atoms with E-state index in [-0.39, 0.29) is 5.97 Å². The average Bonchev–Trinajstić information content (AvgIpc) is 3.22. The van der Waals surface area contributed by atoms with Gasteiger partial charge in [-0.1, -0.05) is 28.7 Å². The van der Waals surface area contributed by atoms with E-state index in [1.165, 1.54) is 18.4 Å². The van der Waals surface area contributed by atoms with Gasteiger partial charge in [-0.2, -0.15) is 0 Å². The van der Waals surface area contributed by atoms with Crippen molar-refractivity contribution in [2.24, 2.45) is 0 Å². The van der Waals surface area contributed by atoms with Crippen molar-refractivity contribution in [2.75, 3.05) is 18.7 Å². The highest BCUT2D eigenvalue weighted by Gasteiger charge is 2.12. The van der Waals surface area contributed by atoms with Gasteiger partial charge in [-0.25, -0.2) is 14.8 Å². The maximum absolute atomic E-state index is 11.7. The van der Waals surface area contributed by atoms with E-state index in [1.54, 1.807) is 35.2 Å². The van der Waals surface area contributed by atoms with Gasteiger partial charge >= 0.3 is 5.97 Å². The Morgan fingerprint density at radius 1 is 1.12 bits per heavy atom. The second-order valence-electron chi connectivity index (χ2n) is 5.14. The number of benzene rings is 2. The number of esters is 1. The highest BCUT2D eigenvalue weighted by molar-refractivity contribution is 7.98. The molecule has 0 radical (unpaired) electrons. The number of methoxy groups -OCH3 is 1. The lowest BCUT2D eigenvalue weighted by Crippen LogP contribution is -1.99. The molecule has 4 aromatic rings. The average molecular weight is 388 g/mol. The first-order chi connectivity index (χ1) is 12.2. The van der Waals surface area contributed by atoms with Crippen molar-refractivity contribution in [1.82, 2.24) is 9.97 Å². The number of ether oxygens (including phenoxy) is 1. The largest absolute Gasteiger partial charge is 0.465 e. The molecule has 0 atom stereocenters. The summed E-state index contributed by atoms with van der Waals surface area (Å²) in [6, 6.07) is 11.5. The monoisotopic (exact) mass is 387 g/mol. The van der Waals surface area contributed by atoms with Crippen molar-refractivity contribution in [3.05, 3.63) is 42.0 Å². The van der Waals surface area contributed by atoms with Gasteiger partial charge in [-0.05, 0) is 36.6 Å².